The van der Waals surface area contributed by atoms with E-state index in [-0.39, 0.29) is 23.7 Å². The summed E-state index contributed by atoms with van der Waals surface area (Å²) in [5.41, 5.74) is 1.40. The van der Waals surface area contributed by atoms with E-state index in [1.54, 1.807) is 18.2 Å². The minimum absolute atomic E-state index is 0.113. The number of amides is 1. The van der Waals surface area contributed by atoms with Crippen molar-refractivity contribution in [3.63, 3.8) is 0 Å². The molecular weight excluding hydrogens is 455 g/mol. The van der Waals surface area contributed by atoms with Crippen LogP contribution in [0.4, 0.5) is 4.39 Å². The lowest BCUT2D eigenvalue weighted by Crippen LogP contribution is -2.23. The lowest BCUT2D eigenvalue weighted by atomic mass is 10.1. The Hall–Kier alpha value is -3.70. The summed E-state index contributed by atoms with van der Waals surface area (Å²) in [6.45, 7) is 2.06. The van der Waals surface area contributed by atoms with E-state index in [4.69, 9.17) is 5.11 Å². The van der Waals surface area contributed by atoms with Crippen molar-refractivity contribution in [2.75, 3.05) is 0 Å². The number of thiazole rings is 1. The minimum atomic E-state index is -1.40. The minimum Gasteiger partial charge on any atom is -0.507 e. The SMILES string of the molecule is Cc1nc(CNC(=O)c2cccnn2)sc1-c1csc(-c2cc(O)c(C(=O)O)cc2F)c1. The molecule has 11 heteroatoms. The van der Waals surface area contributed by atoms with Crippen LogP contribution in [0.15, 0.2) is 41.9 Å². The molecule has 0 aliphatic rings. The highest BCUT2D eigenvalue weighted by Crippen LogP contribution is 2.39. The number of aryl methyl sites for hydroxylation is 1. The Kier molecular flexibility index (Phi) is 5.93. The van der Waals surface area contributed by atoms with Gasteiger partial charge in [0.25, 0.3) is 5.91 Å². The van der Waals surface area contributed by atoms with Gasteiger partial charge in [0.05, 0.1) is 17.1 Å². The molecule has 1 aromatic carbocycles. The van der Waals surface area contributed by atoms with Crippen molar-refractivity contribution in [2.45, 2.75) is 13.5 Å². The van der Waals surface area contributed by atoms with Crippen LogP contribution >= 0.6 is 22.7 Å². The molecule has 8 nitrogen and oxygen atoms in total. The third-order valence-electron chi connectivity index (χ3n) is 4.49. The first kappa shape index (κ1) is 21.5. The number of phenols is 1. The quantitative estimate of drug-likeness (QED) is 0.387. The van der Waals surface area contributed by atoms with Gasteiger partial charge in [-0.25, -0.2) is 14.2 Å². The number of carbonyl (C=O) groups is 2. The van der Waals surface area contributed by atoms with Gasteiger partial charge in [-0.15, -0.1) is 27.8 Å². The lowest BCUT2D eigenvalue weighted by Gasteiger charge is -2.04. The molecule has 0 aliphatic heterocycles. The van der Waals surface area contributed by atoms with Crippen LogP contribution in [0.25, 0.3) is 20.9 Å². The first-order chi connectivity index (χ1) is 15.3. The van der Waals surface area contributed by atoms with Gasteiger partial charge in [0.15, 0.2) is 5.69 Å². The monoisotopic (exact) mass is 470 g/mol. The fourth-order valence-corrected chi connectivity index (χ4v) is 4.97. The average molecular weight is 471 g/mol. The summed E-state index contributed by atoms with van der Waals surface area (Å²) in [7, 11) is 0. The first-order valence-electron chi connectivity index (χ1n) is 9.20. The van der Waals surface area contributed by atoms with Gasteiger partial charge >= 0.3 is 5.97 Å². The van der Waals surface area contributed by atoms with Crippen LogP contribution in [0, 0.1) is 12.7 Å². The number of hydrogen-bond donors (Lipinski definition) is 3. The summed E-state index contributed by atoms with van der Waals surface area (Å²) in [6, 6.07) is 6.86. The number of rotatable bonds is 6. The Morgan fingerprint density at radius 1 is 1.25 bits per heavy atom. The second-order valence-corrected chi connectivity index (χ2v) is 8.66. The van der Waals surface area contributed by atoms with E-state index in [0.717, 1.165) is 28.3 Å². The molecule has 0 saturated carbocycles. The summed E-state index contributed by atoms with van der Waals surface area (Å²) < 4.78 is 14.5. The van der Waals surface area contributed by atoms with Crippen LogP contribution in [0.2, 0.25) is 0 Å². The zero-order chi connectivity index (χ0) is 22.8. The van der Waals surface area contributed by atoms with Crippen molar-refractivity contribution >= 4 is 34.6 Å². The molecule has 4 aromatic rings. The molecule has 0 aliphatic carbocycles. The van der Waals surface area contributed by atoms with E-state index >= 15 is 0 Å². The summed E-state index contributed by atoms with van der Waals surface area (Å²) in [5, 5.41) is 31.6. The van der Waals surface area contributed by atoms with Crippen molar-refractivity contribution in [3.8, 4) is 26.6 Å². The summed E-state index contributed by atoms with van der Waals surface area (Å²) in [6.07, 6.45) is 1.48. The number of aromatic hydroxyl groups is 1. The highest BCUT2D eigenvalue weighted by atomic mass is 32.1. The number of carboxylic acid groups (broad SMARTS) is 1. The molecule has 0 unspecified atom stereocenters. The van der Waals surface area contributed by atoms with Crippen molar-refractivity contribution in [1.29, 1.82) is 0 Å². The first-order valence-corrected chi connectivity index (χ1v) is 10.9. The highest BCUT2D eigenvalue weighted by molar-refractivity contribution is 7.17. The Bertz CT molecular complexity index is 1320. The summed E-state index contributed by atoms with van der Waals surface area (Å²) in [5.74, 6) is -2.99. The molecule has 3 N–H and O–H groups in total. The predicted octanol–water partition coefficient (Wildman–Crippen LogP) is 4.11. The van der Waals surface area contributed by atoms with Crippen molar-refractivity contribution in [3.05, 3.63) is 69.7 Å². The van der Waals surface area contributed by atoms with E-state index in [1.807, 2.05) is 12.3 Å². The van der Waals surface area contributed by atoms with E-state index < -0.39 is 23.1 Å². The van der Waals surface area contributed by atoms with Crippen LogP contribution in [0.5, 0.6) is 5.75 Å². The fourth-order valence-electron chi connectivity index (χ4n) is 2.98. The standard InChI is InChI=1S/C21H15FN4O4S2/c1-10-19(32-18(25-10)8-23-20(28)15-3-2-4-24-26-15)11-5-17(31-9-11)12-7-16(27)13(21(29)30)6-14(12)22/h2-7,9,27H,8H2,1H3,(H,23,28)(H,29,30). The van der Waals surface area contributed by atoms with Gasteiger partial charge in [0.2, 0.25) is 0 Å². The van der Waals surface area contributed by atoms with Gasteiger partial charge in [-0.2, -0.15) is 5.10 Å². The van der Waals surface area contributed by atoms with Gasteiger partial charge < -0.3 is 15.5 Å². The molecule has 32 heavy (non-hydrogen) atoms. The molecule has 0 radical (unpaired) electrons. The van der Waals surface area contributed by atoms with Crippen LogP contribution in [-0.4, -0.2) is 37.3 Å². The Labute approximate surface area is 189 Å². The highest BCUT2D eigenvalue weighted by Gasteiger charge is 2.18. The molecule has 3 aromatic heterocycles. The van der Waals surface area contributed by atoms with Crippen LogP contribution in [0.1, 0.15) is 31.5 Å². The van der Waals surface area contributed by atoms with Gasteiger partial charge in [-0.1, -0.05) is 0 Å². The molecular formula is C21H15FN4O4S2. The normalized spacial score (nSPS) is 10.8. The second kappa shape index (κ2) is 8.81. The summed E-state index contributed by atoms with van der Waals surface area (Å²) in [4.78, 5) is 29.1. The Morgan fingerprint density at radius 2 is 2.06 bits per heavy atom. The number of thiophene rings is 1. The molecule has 0 spiro atoms. The smallest absolute Gasteiger partial charge is 0.339 e. The van der Waals surface area contributed by atoms with E-state index in [0.29, 0.717) is 9.88 Å². The molecule has 0 atom stereocenters. The van der Waals surface area contributed by atoms with Crippen molar-refractivity contribution < 1.29 is 24.2 Å². The third-order valence-corrected chi connectivity index (χ3v) is 6.66. The van der Waals surface area contributed by atoms with Gasteiger partial charge in [-0.3, -0.25) is 4.79 Å². The van der Waals surface area contributed by atoms with E-state index in [2.05, 4.69) is 20.5 Å². The van der Waals surface area contributed by atoms with Crippen LogP contribution in [0.3, 0.4) is 0 Å². The maximum atomic E-state index is 14.5. The number of nitrogens with one attached hydrogen (secondary N) is 1. The van der Waals surface area contributed by atoms with E-state index in [9.17, 15) is 19.1 Å². The number of nitrogens with zero attached hydrogens (tertiary/aromatic N) is 3. The molecule has 0 fully saturated rings. The topological polar surface area (TPSA) is 125 Å². The number of halogens is 1. The van der Waals surface area contributed by atoms with Crippen molar-refractivity contribution in [1.82, 2.24) is 20.5 Å². The number of benzene rings is 1. The third kappa shape index (κ3) is 4.34. The average Bonchev–Trinajstić information content (AvgIpc) is 3.40. The summed E-state index contributed by atoms with van der Waals surface area (Å²) >= 11 is 2.66. The number of hydrogen-bond acceptors (Lipinski definition) is 8. The van der Waals surface area contributed by atoms with Gasteiger partial charge in [0.1, 0.15) is 22.1 Å². The molecule has 1 amide bonds. The predicted molar refractivity (Wildman–Crippen MR) is 117 cm³/mol. The number of carbonyl (C=O) groups excluding carboxylic acids is 1. The zero-order valence-electron chi connectivity index (χ0n) is 16.5. The Balaban J connectivity index is 1.54. The van der Waals surface area contributed by atoms with Gasteiger partial charge in [-0.05, 0) is 37.3 Å². The number of aromatic nitrogens is 3. The maximum Gasteiger partial charge on any atom is 0.339 e. The molecule has 162 valence electrons. The molecule has 0 saturated heterocycles. The largest absolute Gasteiger partial charge is 0.507 e. The Morgan fingerprint density at radius 3 is 2.78 bits per heavy atom. The number of carboxylic acids is 1. The van der Waals surface area contributed by atoms with Crippen molar-refractivity contribution in [2.24, 2.45) is 0 Å². The van der Waals surface area contributed by atoms with Crippen LogP contribution in [-0.2, 0) is 6.54 Å². The fraction of sp³-hybridized carbons (Fsp3) is 0.0952. The second-order valence-electron chi connectivity index (χ2n) is 6.67. The van der Waals surface area contributed by atoms with Gasteiger partial charge in [0, 0.05) is 27.6 Å². The lowest BCUT2D eigenvalue weighted by molar-refractivity contribution is 0.0693. The molecule has 4 rings (SSSR count). The van der Waals surface area contributed by atoms with Crippen LogP contribution < -0.4 is 5.32 Å². The van der Waals surface area contributed by atoms with E-state index in [1.165, 1.54) is 28.9 Å². The number of aromatic carboxylic acids is 1. The maximum absolute atomic E-state index is 14.5. The molecule has 0 bridgehead atoms. The molecule has 3 heterocycles. The zero-order valence-corrected chi connectivity index (χ0v) is 18.1.